The largest absolute Gasteiger partial charge is 0.478 e. The Hall–Kier alpha value is -3.49. The number of hydrogen-bond donors (Lipinski definition) is 1. The second kappa shape index (κ2) is 7.18. The van der Waals surface area contributed by atoms with Gasteiger partial charge in [-0.15, -0.1) is 0 Å². The molecule has 9 heteroatoms. The van der Waals surface area contributed by atoms with Gasteiger partial charge in [-0.3, -0.25) is 24.6 Å². The third kappa shape index (κ3) is 3.46. The number of aromatic nitrogens is 1. The summed E-state index contributed by atoms with van der Waals surface area (Å²) < 4.78 is 5.60. The van der Waals surface area contributed by atoms with Crippen LogP contribution in [0.2, 0.25) is 0 Å². The molecule has 0 saturated heterocycles. The topological polar surface area (TPSA) is 115 Å². The lowest BCUT2D eigenvalue weighted by atomic mass is 10.1. The molecule has 1 N–H and O–H groups in total. The molecule has 0 saturated carbocycles. The smallest absolute Gasteiger partial charge is 0.271 e. The molecule has 0 spiro atoms. The monoisotopic (exact) mass is 356 g/mol. The van der Waals surface area contributed by atoms with Gasteiger partial charge in [0.05, 0.1) is 10.6 Å². The van der Waals surface area contributed by atoms with Crippen LogP contribution < -0.4 is 15.0 Å². The van der Waals surface area contributed by atoms with Crippen LogP contribution in [0.25, 0.3) is 0 Å². The predicted octanol–water partition coefficient (Wildman–Crippen LogP) is 2.13. The van der Waals surface area contributed by atoms with Crippen LogP contribution in [0.15, 0.2) is 42.6 Å². The zero-order valence-electron chi connectivity index (χ0n) is 13.9. The number of amides is 2. The van der Waals surface area contributed by atoms with Crippen molar-refractivity contribution in [2.75, 3.05) is 16.8 Å². The van der Waals surface area contributed by atoms with Crippen molar-refractivity contribution in [3.63, 3.8) is 0 Å². The number of hydrogen-bond acceptors (Lipinski definition) is 6. The van der Waals surface area contributed by atoms with Crippen LogP contribution in [-0.2, 0) is 9.59 Å². The van der Waals surface area contributed by atoms with Crippen molar-refractivity contribution < 1.29 is 19.2 Å². The van der Waals surface area contributed by atoms with Crippen molar-refractivity contribution >= 4 is 29.0 Å². The van der Waals surface area contributed by atoms with Gasteiger partial charge in [0.1, 0.15) is 18.1 Å². The molecule has 0 bridgehead atoms. The van der Waals surface area contributed by atoms with Gasteiger partial charge >= 0.3 is 0 Å². The van der Waals surface area contributed by atoms with E-state index in [-0.39, 0.29) is 17.9 Å². The van der Waals surface area contributed by atoms with E-state index in [1.54, 1.807) is 25.1 Å². The van der Waals surface area contributed by atoms with Crippen molar-refractivity contribution in [3.05, 3.63) is 52.7 Å². The Bertz CT molecular complexity index is 855. The molecule has 0 fully saturated rings. The van der Waals surface area contributed by atoms with Gasteiger partial charge < -0.3 is 10.1 Å². The summed E-state index contributed by atoms with van der Waals surface area (Å²) in [7, 11) is 0. The number of carbonyl (C=O) groups is 2. The minimum atomic E-state index is -0.744. The van der Waals surface area contributed by atoms with Crippen LogP contribution in [0.1, 0.15) is 13.3 Å². The van der Waals surface area contributed by atoms with E-state index < -0.39 is 22.8 Å². The summed E-state index contributed by atoms with van der Waals surface area (Å²) in [5, 5.41) is 13.6. The number of nitrogens with zero attached hydrogens (tertiary/aromatic N) is 3. The van der Waals surface area contributed by atoms with Gasteiger partial charge in [-0.2, -0.15) is 0 Å². The second-order valence-corrected chi connectivity index (χ2v) is 5.61. The van der Waals surface area contributed by atoms with E-state index in [0.717, 1.165) is 0 Å². The molecule has 1 atom stereocenters. The normalized spacial score (nSPS) is 15.8. The van der Waals surface area contributed by atoms with E-state index in [4.69, 9.17) is 4.74 Å². The van der Waals surface area contributed by atoms with E-state index in [0.29, 0.717) is 18.0 Å². The summed E-state index contributed by atoms with van der Waals surface area (Å²) in [6.07, 6.45) is 1.20. The molecule has 3 rings (SSSR count). The van der Waals surface area contributed by atoms with E-state index >= 15 is 0 Å². The van der Waals surface area contributed by atoms with Gasteiger partial charge in [0, 0.05) is 18.3 Å². The molecular weight excluding hydrogens is 340 g/mol. The Labute approximate surface area is 148 Å². The quantitative estimate of drug-likeness (QED) is 0.648. The maximum atomic E-state index is 12.6. The fraction of sp³-hybridized carbons (Fsp3) is 0.235. The van der Waals surface area contributed by atoms with Crippen molar-refractivity contribution in [3.8, 4) is 5.75 Å². The van der Waals surface area contributed by atoms with Gasteiger partial charge in [-0.05, 0) is 24.6 Å². The Morgan fingerprint density at radius 3 is 2.85 bits per heavy atom. The summed E-state index contributed by atoms with van der Waals surface area (Å²) in [6, 6.07) is 9.01. The first-order chi connectivity index (χ1) is 12.5. The van der Waals surface area contributed by atoms with E-state index in [9.17, 15) is 19.7 Å². The van der Waals surface area contributed by atoms with Crippen LogP contribution in [0.5, 0.6) is 5.75 Å². The highest BCUT2D eigenvalue weighted by molar-refractivity contribution is 6.06. The number of fused-ring (bicyclic) bond motifs is 1. The molecule has 2 amide bonds. The molecule has 1 unspecified atom stereocenters. The van der Waals surface area contributed by atoms with Crippen LogP contribution in [0.3, 0.4) is 0 Å². The highest BCUT2D eigenvalue weighted by Gasteiger charge is 2.35. The number of anilines is 2. The van der Waals surface area contributed by atoms with Crippen LogP contribution in [-0.4, -0.2) is 34.4 Å². The maximum absolute atomic E-state index is 12.6. The molecule has 1 aliphatic rings. The number of benzene rings is 1. The van der Waals surface area contributed by atoms with Crippen molar-refractivity contribution in [2.45, 2.75) is 19.4 Å². The summed E-state index contributed by atoms with van der Waals surface area (Å²) in [5.74, 6) is -0.208. The first-order valence-corrected chi connectivity index (χ1v) is 7.97. The molecule has 1 aromatic carbocycles. The number of nitro groups is 1. The number of ether oxygens (including phenoxy) is 1. The number of rotatable bonds is 5. The molecule has 9 nitrogen and oxygen atoms in total. The van der Waals surface area contributed by atoms with Crippen LogP contribution in [0.4, 0.5) is 17.2 Å². The lowest BCUT2D eigenvalue weighted by Crippen LogP contribution is -2.48. The zero-order chi connectivity index (χ0) is 18.7. The summed E-state index contributed by atoms with van der Waals surface area (Å²) in [6.45, 7) is 1.48. The number of nitro benzene ring substituents is 1. The third-order valence-corrected chi connectivity index (χ3v) is 3.86. The molecule has 26 heavy (non-hydrogen) atoms. The second-order valence-electron chi connectivity index (χ2n) is 5.61. The highest BCUT2D eigenvalue weighted by Crippen LogP contribution is 2.37. The molecule has 1 aromatic heterocycles. The highest BCUT2D eigenvalue weighted by atomic mass is 16.6. The van der Waals surface area contributed by atoms with Gasteiger partial charge in [0.15, 0.2) is 6.10 Å². The fourth-order valence-electron chi connectivity index (χ4n) is 2.61. The Balaban J connectivity index is 1.89. The predicted molar refractivity (Wildman–Crippen MR) is 93.0 cm³/mol. The zero-order valence-corrected chi connectivity index (χ0v) is 13.9. The lowest BCUT2D eigenvalue weighted by molar-refractivity contribution is -0.384. The van der Waals surface area contributed by atoms with Crippen molar-refractivity contribution in [1.29, 1.82) is 0 Å². The van der Waals surface area contributed by atoms with Gasteiger partial charge in [-0.25, -0.2) is 4.98 Å². The SMILES string of the molecule is CCC1Oc2ccc([N+](=O)[O-])cc2N(CC(=O)Nc2ccccn2)C1=O. The van der Waals surface area contributed by atoms with Crippen LogP contribution in [0, 0.1) is 10.1 Å². The first-order valence-electron chi connectivity index (χ1n) is 7.97. The number of nitrogens with one attached hydrogen (secondary N) is 1. The molecule has 134 valence electrons. The summed E-state index contributed by atoms with van der Waals surface area (Å²) in [4.78, 5) is 40.6. The number of carbonyl (C=O) groups excluding carboxylic acids is 2. The molecule has 2 aromatic rings. The van der Waals surface area contributed by atoms with Gasteiger partial charge in [0.2, 0.25) is 5.91 Å². The average Bonchev–Trinajstić information content (AvgIpc) is 2.64. The molecule has 0 radical (unpaired) electrons. The molecule has 0 aliphatic carbocycles. The average molecular weight is 356 g/mol. The van der Waals surface area contributed by atoms with Crippen LogP contribution >= 0.6 is 0 Å². The number of non-ortho nitro benzene ring substituents is 1. The van der Waals surface area contributed by atoms with E-state index in [1.807, 2.05) is 0 Å². The van der Waals surface area contributed by atoms with Gasteiger partial charge in [-0.1, -0.05) is 13.0 Å². The first kappa shape index (κ1) is 17.3. The minimum Gasteiger partial charge on any atom is -0.478 e. The molecule has 2 heterocycles. The van der Waals surface area contributed by atoms with Crippen molar-refractivity contribution in [1.82, 2.24) is 4.98 Å². The van der Waals surface area contributed by atoms with E-state index in [2.05, 4.69) is 10.3 Å². The molecular formula is C17H16N4O5. The Kier molecular flexibility index (Phi) is 4.78. The molecule has 1 aliphatic heterocycles. The minimum absolute atomic E-state index is 0.190. The standard InChI is InChI=1S/C17H16N4O5/c1-2-13-17(23)20(10-16(22)19-15-5-3-4-8-18-15)12-9-11(21(24)25)6-7-14(12)26-13/h3-9,13H,2,10H2,1H3,(H,18,19,22). The summed E-state index contributed by atoms with van der Waals surface area (Å²) >= 11 is 0. The van der Waals surface area contributed by atoms with Crippen molar-refractivity contribution in [2.24, 2.45) is 0 Å². The fourth-order valence-corrected chi connectivity index (χ4v) is 2.61. The van der Waals surface area contributed by atoms with E-state index in [1.165, 1.54) is 29.3 Å². The number of pyridine rings is 1. The maximum Gasteiger partial charge on any atom is 0.271 e. The third-order valence-electron chi connectivity index (χ3n) is 3.86. The summed E-state index contributed by atoms with van der Waals surface area (Å²) in [5.41, 5.74) is 0.00954. The lowest BCUT2D eigenvalue weighted by Gasteiger charge is -2.33. The Morgan fingerprint density at radius 2 is 2.19 bits per heavy atom. The van der Waals surface area contributed by atoms with Gasteiger partial charge in [0.25, 0.3) is 11.6 Å². The Morgan fingerprint density at radius 1 is 1.38 bits per heavy atom.